The van der Waals surface area contributed by atoms with Crippen molar-refractivity contribution in [3.05, 3.63) is 18.2 Å². The first kappa shape index (κ1) is 14.2. The molecule has 1 aromatic heterocycles. The van der Waals surface area contributed by atoms with E-state index in [2.05, 4.69) is 48.8 Å². The number of aryl methyl sites for hydroxylation is 1. The van der Waals surface area contributed by atoms with Crippen LogP contribution in [-0.4, -0.2) is 16.1 Å². The topological polar surface area (TPSA) is 29.9 Å². The number of rotatable bonds is 8. The Morgan fingerprint density at radius 1 is 1.29 bits per heavy atom. The van der Waals surface area contributed by atoms with Gasteiger partial charge in [-0.05, 0) is 25.3 Å². The third-order valence-electron chi connectivity index (χ3n) is 3.23. The molecular formula is C14H27N3. The van der Waals surface area contributed by atoms with Gasteiger partial charge in [-0.15, -0.1) is 0 Å². The third-order valence-corrected chi connectivity index (χ3v) is 3.23. The predicted octanol–water partition coefficient (Wildman–Crippen LogP) is 3.38. The Kier molecular flexibility index (Phi) is 6.27. The monoisotopic (exact) mass is 237 g/mol. The first-order valence-corrected chi connectivity index (χ1v) is 6.98. The third kappa shape index (κ3) is 3.84. The van der Waals surface area contributed by atoms with Gasteiger partial charge in [-0.1, -0.05) is 34.1 Å². The van der Waals surface area contributed by atoms with E-state index >= 15 is 0 Å². The van der Waals surface area contributed by atoms with Crippen LogP contribution in [0, 0.1) is 5.92 Å². The highest BCUT2D eigenvalue weighted by Crippen LogP contribution is 2.24. The van der Waals surface area contributed by atoms with E-state index in [1.165, 1.54) is 18.7 Å². The van der Waals surface area contributed by atoms with Crippen molar-refractivity contribution in [2.75, 3.05) is 6.54 Å². The minimum Gasteiger partial charge on any atom is -0.334 e. The maximum absolute atomic E-state index is 4.56. The zero-order chi connectivity index (χ0) is 12.7. The molecule has 17 heavy (non-hydrogen) atoms. The summed E-state index contributed by atoms with van der Waals surface area (Å²) in [4.78, 5) is 4.56. The summed E-state index contributed by atoms with van der Waals surface area (Å²) < 4.78 is 2.29. The molecule has 2 atom stereocenters. The lowest BCUT2D eigenvalue weighted by molar-refractivity contribution is 0.344. The second kappa shape index (κ2) is 7.49. The molecule has 1 aromatic rings. The van der Waals surface area contributed by atoms with Crippen LogP contribution >= 0.6 is 0 Å². The summed E-state index contributed by atoms with van der Waals surface area (Å²) in [6, 6.07) is 0.390. The molecule has 0 aliphatic rings. The SMILES string of the molecule is CCCC(C)C(NCC)c1nccn1CCC. The van der Waals surface area contributed by atoms with Gasteiger partial charge < -0.3 is 9.88 Å². The normalized spacial score (nSPS) is 14.8. The molecular weight excluding hydrogens is 210 g/mol. The molecule has 1 rings (SSSR count). The first-order chi connectivity index (χ1) is 8.24. The van der Waals surface area contributed by atoms with Crippen molar-refractivity contribution in [3.8, 4) is 0 Å². The Hall–Kier alpha value is -0.830. The summed E-state index contributed by atoms with van der Waals surface area (Å²) >= 11 is 0. The number of nitrogens with zero attached hydrogens (tertiary/aromatic N) is 2. The number of nitrogens with one attached hydrogen (secondary N) is 1. The summed E-state index contributed by atoms with van der Waals surface area (Å²) in [7, 11) is 0. The van der Waals surface area contributed by atoms with E-state index in [4.69, 9.17) is 0 Å². The van der Waals surface area contributed by atoms with Crippen molar-refractivity contribution in [1.82, 2.24) is 14.9 Å². The van der Waals surface area contributed by atoms with Crippen molar-refractivity contribution in [3.63, 3.8) is 0 Å². The molecule has 0 bridgehead atoms. The van der Waals surface area contributed by atoms with Crippen molar-refractivity contribution >= 4 is 0 Å². The lowest BCUT2D eigenvalue weighted by Gasteiger charge is -2.25. The van der Waals surface area contributed by atoms with E-state index in [1.54, 1.807) is 0 Å². The van der Waals surface area contributed by atoms with Gasteiger partial charge in [0, 0.05) is 18.9 Å². The molecule has 0 fully saturated rings. The average Bonchev–Trinajstić information content (AvgIpc) is 2.75. The van der Waals surface area contributed by atoms with E-state index in [0.29, 0.717) is 12.0 Å². The van der Waals surface area contributed by atoms with Gasteiger partial charge >= 0.3 is 0 Å². The minimum atomic E-state index is 0.390. The Morgan fingerprint density at radius 2 is 2.06 bits per heavy atom. The van der Waals surface area contributed by atoms with Crippen LogP contribution in [0.25, 0.3) is 0 Å². The fourth-order valence-corrected chi connectivity index (χ4v) is 2.42. The van der Waals surface area contributed by atoms with Crippen LogP contribution in [0.4, 0.5) is 0 Å². The average molecular weight is 237 g/mol. The van der Waals surface area contributed by atoms with Crippen molar-refractivity contribution in [2.45, 2.75) is 59.5 Å². The number of aromatic nitrogens is 2. The van der Waals surface area contributed by atoms with Crippen LogP contribution in [0.2, 0.25) is 0 Å². The first-order valence-electron chi connectivity index (χ1n) is 6.98. The molecule has 0 saturated carbocycles. The van der Waals surface area contributed by atoms with E-state index in [1.807, 2.05) is 6.20 Å². The number of imidazole rings is 1. The quantitative estimate of drug-likeness (QED) is 0.751. The van der Waals surface area contributed by atoms with Crippen LogP contribution in [0.5, 0.6) is 0 Å². The minimum absolute atomic E-state index is 0.390. The van der Waals surface area contributed by atoms with Crippen LogP contribution in [0.3, 0.4) is 0 Å². The molecule has 0 aliphatic heterocycles. The highest BCUT2D eigenvalue weighted by molar-refractivity contribution is 5.01. The van der Waals surface area contributed by atoms with Gasteiger partial charge in [0.25, 0.3) is 0 Å². The van der Waals surface area contributed by atoms with Gasteiger partial charge in [-0.25, -0.2) is 4.98 Å². The summed E-state index contributed by atoms with van der Waals surface area (Å²) in [5.41, 5.74) is 0. The van der Waals surface area contributed by atoms with E-state index in [9.17, 15) is 0 Å². The zero-order valence-corrected chi connectivity index (χ0v) is 11.7. The Labute approximate surface area is 106 Å². The van der Waals surface area contributed by atoms with Crippen LogP contribution < -0.4 is 5.32 Å². The summed E-state index contributed by atoms with van der Waals surface area (Å²) in [5, 5.41) is 3.59. The van der Waals surface area contributed by atoms with Crippen LogP contribution in [0.15, 0.2) is 12.4 Å². The molecule has 3 heteroatoms. The van der Waals surface area contributed by atoms with E-state index < -0.39 is 0 Å². The van der Waals surface area contributed by atoms with Gasteiger partial charge in [0.05, 0.1) is 6.04 Å². The molecule has 98 valence electrons. The molecule has 0 aromatic carbocycles. The molecule has 0 spiro atoms. The van der Waals surface area contributed by atoms with Gasteiger partial charge in [-0.3, -0.25) is 0 Å². The highest BCUT2D eigenvalue weighted by Gasteiger charge is 2.21. The van der Waals surface area contributed by atoms with Crippen molar-refractivity contribution < 1.29 is 0 Å². The highest BCUT2D eigenvalue weighted by atomic mass is 15.1. The second-order valence-electron chi connectivity index (χ2n) is 4.78. The molecule has 0 amide bonds. The van der Waals surface area contributed by atoms with Crippen molar-refractivity contribution in [2.24, 2.45) is 5.92 Å². The van der Waals surface area contributed by atoms with Crippen LogP contribution in [-0.2, 0) is 6.54 Å². The van der Waals surface area contributed by atoms with Gasteiger partial charge in [0.2, 0.25) is 0 Å². The van der Waals surface area contributed by atoms with Crippen LogP contribution in [0.1, 0.15) is 58.8 Å². The number of hydrogen-bond acceptors (Lipinski definition) is 2. The fraction of sp³-hybridized carbons (Fsp3) is 0.786. The molecule has 1 N–H and O–H groups in total. The second-order valence-corrected chi connectivity index (χ2v) is 4.78. The van der Waals surface area contributed by atoms with Crippen molar-refractivity contribution in [1.29, 1.82) is 0 Å². The lowest BCUT2D eigenvalue weighted by Crippen LogP contribution is -2.29. The molecule has 0 aliphatic carbocycles. The van der Waals surface area contributed by atoms with Gasteiger partial charge in [-0.2, -0.15) is 0 Å². The fourth-order valence-electron chi connectivity index (χ4n) is 2.42. The largest absolute Gasteiger partial charge is 0.334 e. The Bertz CT molecular complexity index is 306. The Morgan fingerprint density at radius 3 is 2.65 bits per heavy atom. The standard InChI is InChI=1S/C14H27N3/c1-5-8-12(4)13(15-7-3)14-16-9-11-17(14)10-6-2/h9,11-13,15H,5-8,10H2,1-4H3. The predicted molar refractivity (Wildman–Crippen MR) is 73.0 cm³/mol. The van der Waals surface area contributed by atoms with Gasteiger partial charge in [0.15, 0.2) is 0 Å². The summed E-state index contributed by atoms with van der Waals surface area (Å²) in [6.07, 6.45) is 7.66. The maximum atomic E-state index is 4.56. The van der Waals surface area contributed by atoms with E-state index in [-0.39, 0.29) is 0 Å². The smallest absolute Gasteiger partial charge is 0.126 e. The molecule has 2 unspecified atom stereocenters. The molecule has 1 heterocycles. The summed E-state index contributed by atoms with van der Waals surface area (Å²) in [6.45, 7) is 11.0. The Balaban J connectivity index is 2.84. The molecule has 3 nitrogen and oxygen atoms in total. The maximum Gasteiger partial charge on any atom is 0.126 e. The van der Waals surface area contributed by atoms with E-state index in [0.717, 1.165) is 19.5 Å². The molecule has 0 radical (unpaired) electrons. The number of hydrogen-bond donors (Lipinski definition) is 1. The molecule has 0 saturated heterocycles. The lowest BCUT2D eigenvalue weighted by atomic mass is 9.96. The van der Waals surface area contributed by atoms with Gasteiger partial charge in [0.1, 0.15) is 5.82 Å². The zero-order valence-electron chi connectivity index (χ0n) is 11.7. The summed E-state index contributed by atoms with van der Waals surface area (Å²) in [5.74, 6) is 1.84.